The molecular formula is C19H24N3Si+. The maximum absolute atomic E-state index is 5.01. The highest BCUT2D eigenvalue weighted by Crippen LogP contribution is 2.22. The zero-order valence-electron chi connectivity index (χ0n) is 14.6. The summed E-state index contributed by atoms with van der Waals surface area (Å²) in [5.41, 5.74) is 3.89. The molecule has 0 saturated carbocycles. The number of anilines is 1. The van der Waals surface area contributed by atoms with Gasteiger partial charge in [-0.05, 0) is 34.6 Å². The molecule has 2 aromatic rings. The molecule has 4 heteroatoms. The Morgan fingerprint density at radius 3 is 2.61 bits per heavy atom. The minimum Gasteiger partial charge on any atom is -0.378 e. The van der Waals surface area contributed by atoms with Crippen LogP contribution in [0.25, 0.3) is 0 Å². The molecule has 0 N–H and O–H groups in total. The Hall–Kier alpha value is -1.94. The van der Waals surface area contributed by atoms with Gasteiger partial charge in [-0.3, -0.25) is 0 Å². The zero-order valence-corrected chi connectivity index (χ0v) is 15.6. The molecule has 0 saturated heterocycles. The second-order valence-electron chi connectivity index (χ2n) is 7.50. The summed E-state index contributed by atoms with van der Waals surface area (Å²) in [4.78, 5) is 7.18. The van der Waals surface area contributed by atoms with Gasteiger partial charge >= 0.3 is 0 Å². The van der Waals surface area contributed by atoms with Crippen molar-refractivity contribution in [1.82, 2.24) is 4.58 Å². The fourth-order valence-electron chi connectivity index (χ4n) is 3.85. The van der Waals surface area contributed by atoms with Crippen LogP contribution in [0.3, 0.4) is 0 Å². The summed E-state index contributed by atoms with van der Waals surface area (Å²) >= 11 is 0. The van der Waals surface area contributed by atoms with E-state index in [9.17, 15) is 0 Å². The van der Waals surface area contributed by atoms with Gasteiger partial charge in [0.15, 0.2) is 0 Å². The van der Waals surface area contributed by atoms with Crippen LogP contribution in [0, 0.1) is 0 Å². The Morgan fingerprint density at radius 2 is 1.87 bits per heavy atom. The molecule has 2 aliphatic rings. The van der Waals surface area contributed by atoms with E-state index in [2.05, 4.69) is 74.0 Å². The van der Waals surface area contributed by atoms with E-state index in [1.54, 1.807) is 0 Å². The molecule has 2 aliphatic heterocycles. The lowest BCUT2D eigenvalue weighted by atomic mass is 10.1. The quantitative estimate of drug-likeness (QED) is 0.553. The maximum atomic E-state index is 5.01. The summed E-state index contributed by atoms with van der Waals surface area (Å²) in [6.45, 7) is 6.04. The largest absolute Gasteiger partial charge is 0.378 e. The van der Waals surface area contributed by atoms with E-state index in [0.29, 0.717) is 0 Å². The number of hydrogen-bond donors (Lipinski definition) is 0. The van der Waals surface area contributed by atoms with Gasteiger partial charge in [0, 0.05) is 37.8 Å². The first-order chi connectivity index (χ1) is 10.9. The van der Waals surface area contributed by atoms with Gasteiger partial charge in [0.2, 0.25) is 5.36 Å². The summed E-state index contributed by atoms with van der Waals surface area (Å²) in [6, 6.07) is 11.5. The number of likely N-dealkylation sites (N-methyl/N-ethyl adjacent to an activating group) is 1. The Labute approximate surface area is 138 Å². The van der Waals surface area contributed by atoms with Crippen molar-refractivity contribution in [3.63, 3.8) is 0 Å². The molecular weight excluding hydrogens is 298 g/mol. The molecule has 3 nitrogen and oxygen atoms in total. The van der Waals surface area contributed by atoms with E-state index < -0.39 is 8.07 Å². The van der Waals surface area contributed by atoms with E-state index in [1.807, 2.05) is 0 Å². The topological polar surface area (TPSA) is 18.6 Å². The lowest BCUT2D eigenvalue weighted by Gasteiger charge is -2.29. The minimum absolute atomic E-state index is 1.12. The van der Waals surface area contributed by atoms with Gasteiger partial charge in [-0.1, -0.05) is 13.1 Å². The first-order valence-electron chi connectivity index (χ1n) is 8.30. The van der Waals surface area contributed by atoms with Crippen molar-refractivity contribution in [2.24, 2.45) is 4.99 Å². The second kappa shape index (κ2) is 4.77. The average Bonchev–Trinajstić information content (AvgIpc) is 2.86. The summed E-state index contributed by atoms with van der Waals surface area (Å²) < 4.78 is 2.38. The Bertz CT molecular complexity index is 942. The summed E-state index contributed by atoms with van der Waals surface area (Å²) in [5, 5.41) is 5.55. The summed E-state index contributed by atoms with van der Waals surface area (Å²) in [5.74, 6) is 0. The molecule has 0 spiro atoms. The molecule has 0 fully saturated rings. The van der Waals surface area contributed by atoms with Crippen LogP contribution in [0.2, 0.25) is 13.1 Å². The lowest BCUT2D eigenvalue weighted by molar-refractivity contribution is 0.720. The molecule has 0 unspecified atom stereocenters. The van der Waals surface area contributed by atoms with E-state index in [0.717, 1.165) is 13.0 Å². The first-order valence-corrected chi connectivity index (χ1v) is 11.3. The SMILES string of the molecule is CN(C)c1ccc2c(c1)[Si](C)(C)c1cc3c(cc1=N2)CC[N+]=3C. The number of fused-ring (bicyclic) bond motifs is 3. The molecule has 4 rings (SSSR count). The van der Waals surface area contributed by atoms with Gasteiger partial charge in [0.25, 0.3) is 0 Å². The molecule has 0 aromatic heterocycles. The van der Waals surface area contributed by atoms with Crippen LogP contribution in [0.15, 0.2) is 35.3 Å². The average molecular weight is 323 g/mol. The molecule has 0 amide bonds. The van der Waals surface area contributed by atoms with Crippen molar-refractivity contribution in [1.29, 1.82) is 0 Å². The summed E-state index contributed by atoms with van der Waals surface area (Å²) in [6.07, 6.45) is 1.14. The highest BCUT2D eigenvalue weighted by molar-refractivity contribution is 7.01. The van der Waals surface area contributed by atoms with Crippen LogP contribution in [-0.4, -0.2) is 35.8 Å². The second-order valence-corrected chi connectivity index (χ2v) is 11.8. The van der Waals surface area contributed by atoms with Crippen LogP contribution in [-0.2, 0) is 6.42 Å². The molecule has 118 valence electrons. The maximum Gasteiger partial charge on any atom is 0.203 e. The summed E-state index contributed by atoms with van der Waals surface area (Å²) in [7, 11) is 4.68. The fraction of sp³-hybridized carbons (Fsp3) is 0.368. The van der Waals surface area contributed by atoms with Crippen molar-refractivity contribution in [2.75, 3.05) is 32.6 Å². The van der Waals surface area contributed by atoms with Gasteiger partial charge < -0.3 is 4.90 Å². The molecule has 0 radical (unpaired) electrons. The normalized spacial score (nSPS) is 17.2. The van der Waals surface area contributed by atoms with E-state index >= 15 is 0 Å². The molecule has 0 aliphatic carbocycles. The number of rotatable bonds is 1. The highest BCUT2D eigenvalue weighted by atomic mass is 28.3. The molecule has 0 atom stereocenters. The van der Waals surface area contributed by atoms with Crippen LogP contribution < -0.4 is 30.6 Å². The van der Waals surface area contributed by atoms with E-state index in [-0.39, 0.29) is 0 Å². The van der Waals surface area contributed by atoms with Gasteiger partial charge in [-0.25, -0.2) is 9.57 Å². The molecule has 0 bridgehead atoms. The highest BCUT2D eigenvalue weighted by Gasteiger charge is 2.35. The Morgan fingerprint density at radius 1 is 1.09 bits per heavy atom. The van der Waals surface area contributed by atoms with Gasteiger partial charge in [-0.2, -0.15) is 0 Å². The number of benzene rings is 2. The standard InChI is InChI=1S/C19H24N3Si/c1-21(2)14-6-7-15-18(11-14)23(4,5)19-12-17-13(8-9-22(17)3)10-16(19)20-15/h6-7,10-12H,8-9H2,1-5H3/q+1. The Kier molecular flexibility index (Phi) is 3.04. The van der Waals surface area contributed by atoms with Gasteiger partial charge in [0.1, 0.15) is 21.7 Å². The van der Waals surface area contributed by atoms with Crippen molar-refractivity contribution in [3.05, 3.63) is 46.6 Å². The van der Waals surface area contributed by atoms with Crippen molar-refractivity contribution in [3.8, 4) is 0 Å². The van der Waals surface area contributed by atoms with Crippen molar-refractivity contribution < 1.29 is 0 Å². The van der Waals surface area contributed by atoms with Crippen LogP contribution >= 0.6 is 0 Å². The van der Waals surface area contributed by atoms with Crippen molar-refractivity contribution >= 4 is 29.8 Å². The molecule has 23 heavy (non-hydrogen) atoms. The third-order valence-corrected chi connectivity index (χ3v) is 8.90. The number of nitrogens with zero attached hydrogens (tertiary/aromatic N) is 3. The monoisotopic (exact) mass is 322 g/mol. The zero-order chi connectivity index (χ0) is 16.4. The minimum atomic E-state index is -1.73. The van der Waals surface area contributed by atoms with Crippen LogP contribution in [0.4, 0.5) is 11.4 Å². The molecule has 2 heterocycles. The first kappa shape index (κ1) is 14.6. The predicted octanol–water partition coefficient (Wildman–Crippen LogP) is 0.517. The van der Waals surface area contributed by atoms with E-state index in [1.165, 1.54) is 38.0 Å². The third-order valence-electron chi connectivity index (χ3n) is 5.41. The number of hydrogen-bond acceptors (Lipinski definition) is 2. The third kappa shape index (κ3) is 2.08. The van der Waals surface area contributed by atoms with Crippen LogP contribution in [0.1, 0.15) is 5.56 Å². The smallest absolute Gasteiger partial charge is 0.203 e. The van der Waals surface area contributed by atoms with Gasteiger partial charge in [0.05, 0.1) is 11.0 Å². The van der Waals surface area contributed by atoms with E-state index in [4.69, 9.17) is 4.99 Å². The predicted molar refractivity (Wildman–Crippen MR) is 100 cm³/mol. The fourth-order valence-corrected chi connectivity index (χ4v) is 6.70. The van der Waals surface area contributed by atoms with Gasteiger partial charge in [-0.15, -0.1) is 0 Å². The van der Waals surface area contributed by atoms with Crippen molar-refractivity contribution in [2.45, 2.75) is 19.5 Å². The molecule has 2 aromatic carbocycles. The van der Waals surface area contributed by atoms with Crippen LogP contribution in [0.5, 0.6) is 0 Å². The Balaban J connectivity index is 2.04. The lowest BCUT2D eigenvalue weighted by Crippen LogP contribution is -2.62.